The molecule has 0 aliphatic heterocycles. The molecule has 2 rings (SSSR count). The maximum absolute atomic E-state index is 10.6. The third-order valence-corrected chi connectivity index (χ3v) is 1.34. The highest BCUT2D eigenvalue weighted by molar-refractivity contribution is 5.43. The number of hydrogen-bond acceptors (Lipinski definition) is 5. The molecule has 7 heteroatoms. The molecule has 0 amide bonds. The van der Waals surface area contributed by atoms with Crippen LogP contribution >= 0.6 is 0 Å². The predicted molar refractivity (Wildman–Crippen MR) is 41.0 cm³/mol. The lowest BCUT2D eigenvalue weighted by molar-refractivity contribution is 0.524. The van der Waals surface area contributed by atoms with Gasteiger partial charge < -0.3 is 4.42 Å². The fourth-order valence-corrected chi connectivity index (χ4v) is 0.803. The van der Waals surface area contributed by atoms with E-state index in [0.717, 1.165) is 0 Å². The smallest absolute Gasteiger partial charge is 0.386 e. The summed E-state index contributed by atoms with van der Waals surface area (Å²) >= 11 is 0. The minimum Gasteiger partial charge on any atom is -0.386 e. The van der Waals surface area contributed by atoms with Gasteiger partial charge in [-0.05, 0) is 6.07 Å². The van der Waals surface area contributed by atoms with Crippen LogP contribution in [-0.4, -0.2) is 20.4 Å². The predicted octanol–water partition coefficient (Wildman–Crippen LogP) is -0.887. The standard InChI is InChI=1S/C6H4N4O3/c11-4-2-1-3(7-8-4)5-9-10-6(12)13-5/h1-2H,(H,8,11)(H,10,12). The first-order chi connectivity index (χ1) is 6.25. The molecule has 0 saturated carbocycles. The Morgan fingerprint density at radius 3 is 2.54 bits per heavy atom. The van der Waals surface area contributed by atoms with Gasteiger partial charge in [0.1, 0.15) is 5.69 Å². The molecule has 0 radical (unpaired) electrons. The fraction of sp³-hybridized carbons (Fsp3) is 0. The highest BCUT2D eigenvalue weighted by atomic mass is 16.4. The van der Waals surface area contributed by atoms with E-state index in [9.17, 15) is 9.59 Å². The number of nitrogens with one attached hydrogen (secondary N) is 2. The lowest BCUT2D eigenvalue weighted by Gasteiger charge is -1.88. The number of nitrogens with zero attached hydrogens (tertiary/aromatic N) is 2. The third kappa shape index (κ3) is 1.39. The van der Waals surface area contributed by atoms with E-state index in [1.54, 1.807) is 0 Å². The second-order valence-corrected chi connectivity index (χ2v) is 2.22. The molecule has 0 fully saturated rings. The van der Waals surface area contributed by atoms with Crippen LogP contribution in [0.25, 0.3) is 11.6 Å². The fourth-order valence-electron chi connectivity index (χ4n) is 0.803. The van der Waals surface area contributed by atoms with Crippen molar-refractivity contribution < 1.29 is 4.42 Å². The van der Waals surface area contributed by atoms with Crippen LogP contribution in [0.4, 0.5) is 0 Å². The number of aromatic nitrogens is 4. The van der Waals surface area contributed by atoms with Gasteiger partial charge in [0.25, 0.3) is 11.4 Å². The van der Waals surface area contributed by atoms with E-state index in [-0.39, 0.29) is 17.1 Å². The highest BCUT2D eigenvalue weighted by Crippen LogP contribution is 2.06. The van der Waals surface area contributed by atoms with Crippen molar-refractivity contribution in [2.24, 2.45) is 0 Å². The summed E-state index contributed by atoms with van der Waals surface area (Å²) in [7, 11) is 0. The van der Waals surface area contributed by atoms with E-state index in [1.807, 2.05) is 0 Å². The number of aromatic amines is 2. The molecule has 7 nitrogen and oxygen atoms in total. The molecule has 2 N–H and O–H groups in total. The molecule has 2 aromatic rings. The monoisotopic (exact) mass is 180 g/mol. The van der Waals surface area contributed by atoms with Crippen LogP contribution in [0.2, 0.25) is 0 Å². The number of hydrogen-bond donors (Lipinski definition) is 2. The van der Waals surface area contributed by atoms with Crippen LogP contribution in [0.5, 0.6) is 0 Å². The van der Waals surface area contributed by atoms with Crippen LogP contribution < -0.4 is 11.3 Å². The van der Waals surface area contributed by atoms with E-state index in [0.29, 0.717) is 0 Å². The summed E-state index contributed by atoms with van der Waals surface area (Å²) in [4.78, 5) is 21.2. The van der Waals surface area contributed by atoms with Crippen molar-refractivity contribution in [2.75, 3.05) is 0 Å². The Hall–Kier alpha value is -2.18. The van der Waals surface area contributed by atoms with Gasteiger partial charge in [-0.2, -0.15) is 5.10 Å². The largest absolute Gasteiger partial charge is 0.434 e. The van der Waals surface area contributed by atoms with Gasteiger partial charge in [-0.25, -0.2) is 15.0 Å². The zero-order valence-corrected chi connectivity index (χ0v) is 6.27. The van der Waals surface area contributed by atoms with Crippen LogP contribution in [-0.2, 0) is 0 Å². The van der Waals surface area contributed by atoms with E-state index in [1.165, 1.54) is 12.1 Å². The molecule has 13 heavy (non-hydrogen) atoms. The summed E-state index contributed by atoms with van der Waals surface area (Å²) in [5.74, 6) is -0.621. The molecule has 0 bridgehead atoms. The second kappa shape index (κ2) is 2.70. The third-order valence-electron chi connectivity index (χ3n) is 1.34. The first kappa shape index (κ1) is 7.47. The van der Waals surface area contributed by atoms with Gasteiger partial charge in [-0.3, -0.25) is 4.79 Å². The maximum Gasteiger partial charge on any atom is 0.434 e. The Kier molecular flexibility index (Phi) is 1.55. The van der Waals surface area contributed by atoms with E-state index >= 15 is 0 Å². The van der Waals surface area contributed by atoms with Gasteiger partial charge in [0.15, 0.2) is 0 Å². The van der Waals surface area contributed by atoms with Crippen molar-refractivity contribution in [3.05, 3.63) is 33.0 Å². The first-order valence-corrected chi connectivity index (χ1v) is 3.37. The Morgan fingerprint density at radius 2 is 2.00 bits per heavy atom. The van der Waals surface area contributed by atoms with E-state index in [2.05, 4.69) is 24.8 Å². The molecular weight excluding hydrogens is 176 g/mol. The maximum atomic E-state index is 10.6. The van der Waals surface area contributed by atoms with Crippen LogP contribution in [0.1, 0.15) is 0 Å². The average Bonchev–Trinajstić information content (AvgIpc) is 2.53. The van der Waals surface area contributed by atoms with Gasteiger partial charge in [0.2, 0.25) is 0 Å². The summed E-state index contributed by atoms with van der Waals surface area (Å²) in [6.07, 6.45) is 0. The van der Waals surface area contributed by atoms with Crippen LogP contribution in [0.3, 0.4) is 0 Å². The average molecular weight is 180 g/mol. The van der Waals surface area contributed by atoms with Crippen molar-refractivity contribution in [1.29, 1.82) is 0 Å². The normalized spacial score (nSPS) is 10.2. The second-order valence-electron chi connectivity index (χ2n) is 2.22. The van der Waals surface area contributed by atoms with E-state index in [4.69, 9.17) is 0 Å². The Labute approximate surface area is 70.4 Å². The summed E-state index contributed by atoms with van der Waals surface area (Å²) in [5, 5.41) is 11.4. The molecule has 2 heterocycles. The molecule has 0 aliphatic rings. The molecule has 0 saturated heterocycles. The minimum absolute atomic E-state index is 0.0428. The quantitative estimate of drug-likeness (QED) is 0.592. The molecule has 0 unspecified atom stereocenters. The van der Waals surface area contributed by atoms with Gasteiger partial charge in [-0.1, -0.05) is 0 Å². The first-order valence-electron chi connectivity index (χ1n) is 3.37. The van der Waals surface area contributed by atoms with Gasteiger partial charge in [0.05, 0.1) is 0 Å². The van der Waals surface area contributed by atoms with Gasteiger partial charge >= 0.3 is 5.76 Å². The molecule has 2 aromatic heterocycles. The molecule has 0 atom stereocenters. The van der Waals surface area contributed by atoms with Crippen molar-refractivity contribution in [3.8, 4) is 11.6 Å². The Bertz CT molecular complexity index is 502. The van der Waals surface area contributed by atoms with Gasteiger partial charge in [-0.15, -0.1) is 5.10 Å². The van der Waals surface area contributed by atoms with Gasteiger partial charge in [0, 0.05) is 6.07 Å². The summed E-state index contributed by atoms with van der Waals surface area (Å²) < 4.78 is 4.60. The summed E-state index contributed by atoms with van der Waals surface area (Å²) in [6, 6.07) is 2.66. The lowest BCUT2D eigenvalue weighted by Crippen LogP contribution is -2.05. The number of H-pyrrole nitrogens is 2. The van der Waals surface area contributed by atoms with Crippen LogP contribution in [0.15, 0.2) is 26.1 Å². The van der Waals surface area contributed by atoms with Crippen molar-refractivity contribution in [1.82, 2.24) is 20.4 Å². The lowest BCUT2D eigenvalue weighted by atomic mass is 10.4. The SMILES string of the molecule is O=c1ccc(-c2n[nH]c(=O)o2)n[nH]1. The molecule has 66 valence electrons. The zero-order chi connectivity index (χ0) is 9.26. The molecule has 0 aliphatic carbocycles. The number of rotatable bonds is 1. The Morgan fingerprint density at radius 1 is 1.15 bits per heavy atom. The summed E-state index contributed by atoms with van der Waals surface area (Å²) in [6.45, 7) is 0. The highest BCUT2D eigenvalue weighted by Gasteiger charge is 2.05. The molecule has 0 spiro atoms. The van der Waals surface area contributed by atoms with Crippen molar-refractivity contribution in [3.63, 3.8) is 0 Å². The molecular formula is C6H4N4O3. The summed E-state index contributed by atoms with van der Waals surface area (Å²) in [5.41, 5.74) is -0.0421. The van der Waals surface area contributed by atoms with Crippen molar-refractivity contribution >= 4 is 0 Å². The van der Waals surface area contributed by atoms with E-state index < -0.39 is 5.76 Å². The minimum atomic E-state index is -0.664. The topological polar surface area (TPSA) is 105 Å². The molecule has 0 aromatic carbocycles. The van der Waals surface area contributed by atoms with Crippen molar-refractivity contribution in [2.45, 2.75) is 0 Å². The van der Waals surface area contributed by atoms with Crippen LogP contribution in [0, 0.1) is 0 Å². The zero-order valence-electron chi connectivity index (χ0n) is 6.27. The Balaban J connectivity index is 2.53.